The summed E-state index contributed by atoms with van der Waals surface area (Å²) in [5, 5.41) is 23.4. The zero-order chi connectivity index (χ0) is 19.1. The van der Waals surface area contributed by atoms with Crippen LogP contribution in [0.3, 0.4) is 0 Å². The van der Waals surface area contributed by atoms with Gasteiger partial charge in [0.25, 0.3) is 0 Å². The maximum Gasteiger partial charge on any atom is 0.412 e. The molecule has 0 saturated carbocycles. The minimum absolute atomic E-state index is 0.0824. The Labute approximate surface area is 155 Å². The van der Waals surface area contributed by atoms with Crippen LogP contribution in [0.5, 0.6) is 0 Å². The van der Waals surface area contributed by atoms with Gasteiger partial charge in [-0.3, -0.25) is 14.5 Å². The van der Waals surface area contributed by atoms with Gasteiger partial charge in [-0.05, 0) is 24.6 Å². The molecule has 142 valence electrons. The van der Waals surface area contributed by atoms with Crippen LogP contribution in [0.25, 0.3) is 11.1 Å². The molecule has 3 heterocycles. The third kappa shape index (κ3) is 3.10. The van der Waals surface area contributed by atoms with Crippen LogP contribution in [-0.4, -0.2) is 58.0 Å². The van der Waals surface area contributed by atoms with E-state index in [9.17, 15) is 19.8 Å². The molecule has 27 heavy (non-hydrogen) atoms. The van der Waals surface area contributed by atoms with Crippen LogP contribution in [0.4, 0.5) is 21.0 Å². The van der Waals surface area contributed by atoms with E-state index in [1.54, 1.807) is 31.3 Å². The number of anilines is 2. The molecule has 0 aliphatic carbocycles. The number of amides is 2. The highest BCUT2D eigenvalue weighted by molar-refractivity contribution is 6.00. The first-order chi connectivity index (χ1) is 12.9. The molecule has 1 atom stereocenters. The molecular formula is C18H20N4O5. The highest BCUT2D eigenvalue weighted by atomic mass is 16.5. The molecule has 4 rings (SSSR count). The molecule has 1 saturated heterocycles. The van der Waals surface area contributed by atoms with E-state index in [2.05, 4.69) is 5.10 Å². The number of nitrogens with zero attached hydrogens (tertiary/aromatic N) is 4. The molecule has 0 unspecified atom stereocenters. The Balaban J connectivity index is 1.69. The maximum atomic E-state index is 11.7. The summed E-state index contributed by atoms with van der Waals surface area (Å²) >= 11 is 0. The molecule has 9 nitrogen and oxygen atoms in total. The van der Waals surface area contributed by atoms with E-state index >= 15 is 0 Å². The molecule has 0 spiro atoms. The lowest BCUT2D eigenvalue weighted by Gasteiger charge is -2.38. The molecule has 0 radical (unpaired) electrons. The Morgan fingerprint density at radius 2 is 1.96 bits per heavy atom. The van der Waals surface area contributed by atoms with E-state index in [4.69, 9.17) is 4.74 Å². The molecule has 2 N–H and O–H groups in total. The number of fused-ring (bicyclic) bond motifs is 1. The summed E-state index contributed by atoms with van der Waals surface area (Å²) in [6, 6.07) is 4.69. The van der Waals surface area contributed by atoms with Crippen molar-refractivity contribution in [3.63, 3.8) is 0 Å². The van der Waals surface area contributed by atoms with Gasteiger partial charge in [0.15, 0.2) is 0 Å². The maximum absolute atomic E-state index is 11.7. The number of rotatable bonds is 3. The van der Waals surface area contributed by atoms with Crippen LogP contribution >= 0.6 is 0 Å². The van der Waals surface area contributed by atoms with Gasteiger partial charge in [0.1, 0.15) is 0 Å². The van der Waals surface area contributed by atoms with Gasteiger partial charge in [0.2, 0.25) is 0 Å². The van der Waals surface area contributed by atoms with Gasteiger partial charge in [-0.2, -0.15) is 5.10 Å². The molecule has 9 heteroatoms. The van der Waals surface area contributed by atoms with E-state index in [0.717, 1.165) is 30.9 Å². The van der Waals surface area contributed by atoms with E-state index in [0.29, 0.717) is 17.3 Å². The zero-order valence-corrected chi connectivity index (χ0v) is 14.8. The normalized spacial score (nSPS) is 19.5. The number of ether oxygens (including phenoxy) is 1. The Kier molecular flexibility index (Phi) is 4.23. The minimum atomic E-state index is -1.11. The van der Waals surface area contributed by atoms with Crippen molar-refractivity contribution in [3.8, 4) is 11.1 Å². The lowest BCUT2D eigenvalue weighted by Crippen LogP contribution is -2.51. The fourth-order valence-corrected chi connectivity index (χ4v) is 3.54. The van der Waals surface area contributed by atoms with Gasteiger partial charge in [0, 0.05) is 24.2 Å². The van der Waals surface area contributed by atoms with Gasteiger partial charge >= 0.3 is 12.2 Å². The molecule has 2 aliphatic rings. The molecule has 1 fully saturated rings. The van der Waals surface area contributed by atoms with Crippen LogP contribution in [0.1, 0.15) is 6.92 Å². The summed E-state index contributed by atoms with van der Waals surface area (Å²) in [4.78, 5) is 25.7. The largest absolute Gasteiger partial charge is 0.465 e. The van der Waals surface area contributed by atoms with Gasteiger partial charge in [0.05, 0.1) is 43.4 Å². The van der Waals surface area contributed by atoms with E-state index < -0.39 is 18.2 Å². The number of benzene rings is 1. The average Bonchev–Trinajstić information content (AvgIpc) is 3.05. The van der Waals surface area contributed by atoms with Crippen LogP contribution in [-0.2, 0) is 11.3 Å². The van der Waals surface area contributed by atoms with Crippen molar-refractivity contribution in [2.24, 2.45) is 5.92 Å². The van der Waals surface area contributed by atoms with E-state index in [-0.39, 0.29) is 6.54 Å². The monoisotopic (exact) mass is 372 g/mol. The number of hydrogen-bond acceptors (Lipinski definition) is 4. The third-order valence-electron chi connectivity index (χ3n) is 4.97. The number of hydrogen-bond donors (Lipinski definition) is 2. The number of carbonyl (C=O) groups is 2. The Morgan fingerprint density at radius 1 is 1.19 bits per heavy atom. The van der Waals surface area contributed by atoms with Gasteiger partial charge in [-0.25, -0.2) is 9.59 Å². The average molecular weight is 372 g/mol. The second-order valence-corrected chi connectivity index (χ2v) is 6.95. The summed E-state index contributed by atoms with van der Waals surface area (Å²) in [6.07, 6.45) is 1.43. The number of carboxylic acid groups (broad SMARTS) is 2. The fourth-order valence-electron chi connectivity index (χ4n) is 3.54. The highest BCUT2D eigenvalue weighted by Crippen LogP contribution is 2.38. The van der Waals surface area contributed by atoms with Crippen molar-refractivity contribution in [3.05, 3.63) is 30.6 Å². The van der Waals surface area contributed by atoms with Crippen molar-refractivity contribution < 1.29 is 24.5 Å². The van der Waals surface area contributed by atoms with Crippen LogP contribution in [0.2, 0.25) is 0 Å². The third-order valence-corrected chi connectivity index (χ3v) is 4.97. The zero-order valence-electron chi connectivity index (χ0n) is 14.8. The minimum Gasteiger partial charge on any atom is -0.465 e. The summed E-state index contributed by atoms with van der Waals surface area (Å²) in [7, 11) is 0. The van der Waals surface area contributed by atoms with Gasteiger partial charge < -0.3 is 14.9 Å². The second-order valence-electron chi connectivity index (χ2n) is 6.95. The topological polar surface area (TPSA) is 108 Å². The van der Waals surface area contributed by atoms with Crippen molar-refractivity contribution in [2.45, 2.75) is 19.5 Å². The van der Waals surface area contributed by atoms with Gasteiger partial charge in [-0.1, -0.05) is 6.07 Å². The summed E-state index contributed by atoms with van der Waals surface area (Å²) in [6.45, 7) is 4.03. The van der Waals surface area contributed by atoms with E-state index in [1.165, 1.54) is 9.80 Å². The molecule has 2 aromatic rings. The lowest BCUT2D eigenvalue weighted by atomic mass is 10.0. The predicted molar refractivity (Wildman–Crippen MR) is 97.3 cm³/mol. The van der Waals surface area contributed by atoms with Crippen LogP contribution < -0.4 is 9.80 Å². The SMILES string of the molecule is C[C@H]1CN(C(=O)O)c2cc(-c3cnn(CC4COC4)c3)ccc2N1C(=O)O. The Bertz CT molecular complexity index is 892. The van der Waals surface area contributed by atoms with Crippen molar-refractivity contribution in [1.82, 2.24) is 9.78 Å². The van der Waals surface area contributed by atoms with Crippen molar-refractivity contribution in [1.29, 1.82) is 0 Å². The van der Waals surface area contributed by atoms with E-state index in [1.807, 2.05) is 10.9 Å². The van der Waals surface area contributed by atoms with Crippen molar-refractivity contribution >= 4 is 23.6 Å². The molecule has 1 aromatic heterocycles. The summed E-state index contributed by atoms with van der Waals surface area (Å²) < 4.78 is 7.03. The molecule has 1 aromatic carbocycles. The Hall–Kier alpha value is -3.07. The molecular weight excluding hydrogens is 352 g/mol. The second kappa shape index (κ2) is 6.58. The first-order valence-electron chi connectivity index (χ1n) is 8.71. The first-order valence-corrected chi connectivity index (χ1v) is 8.71. The lowest BCUT2D eigenvalue weighted by molar-refractivity contribution is -0.0408. The molecule has 2 amide bonds. The number of aromatic nitrogens is 2. The summed E-state index contributed by atoms with van der Waals surface area (Å²) in [5.74, 6) is 0.467. The standard InChI is InChI=1S/C18H20N4O5/c1-11-6-21(17(23)24)16-4-13(2-3-15(16)22(11)18(25)26)14-5-19-20(8-14)7-12-9-27-10-12/h2-5,8,11-12H,6-7,9-10H2,1H3,(H,23,24)(H,25,26)/t11-/m0/s1. The molecule has 0 bridgehead atoms. The van der Waals surface area contributed by atoms with Crippen molar-refractivity contribution in [2.75, 3.05) is 29.6 Å². The highest BCUT2D eigenvalue weighted by Gasteiger charge is 2.35. The van der Waals surface area contributed by atoms with Crippen LogP contribution in [0.15, 0.2) is 30.6 Å². The molecule has 2 aliphatic heterocycles. The van der Waals surface area contributed by atoms with Gasteiger partial charge in [-0.15, -0.1) is 0 Å². The Morgan fingerprint density at radius 3 is 2.59 bits per heavy atom. The van der Waals surface area contributed by atoms with Crippen LogP contribution in [0, 0.1) is 5.92 Å². The first kappa shape index (κ1) is 17.3. The quantitative estimate of drug-likeness (QED) is 0.857. The predicted octanol–water partition coefficient (Wildman–Crippen LogP) is 2.57. The fraction of sp³-hybridized carbons (Fsp3) is 0.389. The summed E-state index contributed by atoms with van der Waals surface area (Å²) in [5.41, 5.74) is 2.37. The smallest absolute Gasteiger partial charge is 0.412 e.